The van der Waals surface area contributed by atoms with Crippen LogP contribution in [0.15, 0.2) is 59.8 Å². The lowest BCUT2D eigenvalue weighted by molar-refractivity contribution is 0.298. The molecule has 0 bridgehead atoms. The van der Waals surface area contributed by atoms with Gasteiger partial charge in [-0.1, -0.05) is 29.8 Å². The summed E-state index contributed by atoms with van der Waals surface area (Å²) in [6.07, 6.45) is 5.38. The number of hydrogen-bond donors (Lipinski definition) is 2. The van der Waals surface area contributed by atoms with E-state index in [1.54, 1.807) is 4.68 Å². The van der Waals surface area contributed by atoms with Crippen LogP contribution in [0.2, 0.25) is 5.02 Å². The van der Waals surface area contributed by atoms with E-state index in [0.717, 1.165) is 30.2 Å². The van der Waals surface area contributed by atoms with Gasteiger partial charge in [0.1, 0.15) is 10.6 Å². The highest BCUT2D eigenvalue weighted by atomic mass is 35.5. The molecule has 176 valence electrons. The molecule has 9 heteroatoms. The number of aromatic nitrogens is 2. The number of aryl methyl sites for hydroxylation is 1. The second kappa shape index (κ2) is 10.3. The monoisotopic (exact) mass is 488 g/mol. The third-order valence-corrected chi connectivity index (χ3v) is 7.22. The fraction of sp³-hybridized carbons (Fsp3) is 0.375. The van der Waals surface area contributed by atoms with Gasteiger partial charge in [0.25, 0.3) is 0 Å². The Kier molecular flexibility index (Phi) is 7.38. The van der Waals surface area contributed by atoms with Crippen LogP contribution in [-0.4, -0.2) is 38.4 Å². The summed E-state index contributed by atoms with van der Waals surface area (Å²) in [6.45, 7) is 2.00. The van der Waals surface area contributed by atoms with E-state index in [1.807, 2.05) is 31.3 Å². The van der Waals surface area contributed by atoms with Gasteiger partial charge < -0.3 is 10.1 Å². The number of benzene rings is 2. The molecular formula is C24H29ClN4O3S. The van der Waals surface area contributed by atoms with Crippen LogP contribution in [0.4, 0.5) is 0 Å². The van der Waals surface area contributed by atoms with Crippen molar-refractivity contribution >= 4 is 21.6 Å². The zero-order chi connectivity index (χ0) is 23.4. The van der Waals surface area contributed by atoms with Crippen molar-refractivity contribution in [2.45, 2.75) is 36.6 Å². The predicted molar refractivity (Wildman–Crippen MR) is 129 cm³/mol. The Bertz CT molecular complexity index is 1210. The third-order valence-electron chi connectivity index (χ3n) is 6.12. The Hall–Kier alpha value is -2.39. The van der Waals surface area contributed by atoms with Crippen LogP contribution in [0.1, 0.15) is 29.0 Å². The molecule has 3 aromatic rings. The standard InChI is InChI=1S/C24H29ClN4O3S/c1-27-14-19-12-18-6-7-21(13-24(18)23(19)11-17-4-2-5-20(25)10-17)32-9-3-8-29-16-22(15-28-29)33(26,30)31/h2,4-7,10,13,15-16,19,23,27H,3,8-9,11-12,14H2,1H3,(H2,26,30,31). The van der Waals surface area contributed by atoms with Crippen LogP contribution >= 0.6 is 11.6 Å². The second-order valence-electron chi connectivity index (χ2n) is 8.51. The first kappa shape index (κ1) is 23.8. The van der Waals surface area contributed by atoms with Crippen molar-refractivity contribution in [1.82, 2.24) is 15.1 Å². The molecule has 0 saturated heterocycles. The number of hydrogen-bond acceptors (Lipinski definition) is 5. The van der Waals surface area contributed by atoms with Gasteiger partial charge in [0.05, 0.1) is 12.8 Å². The Morgan fingerprint density at radius 1 is 1.27 bits per heavy atom. The SMILES string of the molecule is CNCC1Cc2ccc(OCCCn3cc(S(N)(=O)=O)cn3)cc2C1Cc1cccc(Cl)c1. The molecule has 0 aliphatic heterocycles. The van der Waals surface area contributed by atoms with E-state index in [0.29, 0.717) is 31.4 Å². The molecule has 1 aliphatic carbocycles. The summed E-state index contributed by atoms with van der Waals surface area (Å²) < 4.78 is 30.3. The first-order chi connectivity index (χ1) is 15.8. The van der Waals surface area contributed by atoms with Gasteiger partial charge in [0.15, 0.2) is 0 Å². The Morgan fingerprint density at radius 3 is 2.85 bits per heavy atom. The van der Waals surface area contributed by atoms with Crippen molar-refractivity contribution in [1.29, 1.82) is 0 Å². The average Bonchev–Trinajstić information content (AvgIpc) is 3.37. The molecule has 33 heavy (non-hydrogen) atoms. The number of rotatable bonds is 10. The molecule has 0 saturated carbocycles. The summed E-state index contributed by atoms with van der Waals surface area (Å²) in [5.41, 5.74) is 3.96. The second-order valence-corrected chi connectivity index (χ2v) is 10.5. The molecule has 2 atom stereocenters. The number of halogens is 1. The number of ether oxygens (including phenoxy) is 1. The summed E-state index contributed by atoms with van der Waals surface area (Å²) in [4.78, 5) is 0.0175. The van der Waals surface area contributed by atoms with Crippen LogP contribution in [0.3, 0.4) is 0 Å². The van der Waals surface area contributed by atoms with Gasteiger partial charge in [0.2, 0.25) is 10.0 Å². The summed E-state index contributed by atoms with van der Waals surface area (Å²) >= 11 is 6.22. The number of nitrogens with two attached hydrogens (primary N) is 1. The van der Waals surface area contributed by atoms with E-state index < -0.39 is 10.0 Å². The minimum atomic E-state index is -3.73. The maximum absolute atomic E-state index is 11.4. The maximum Gasteiger partial charge on any atom is 0.241 e. The van der Waals surface area contributed by atoms with E-state index in [1.165, 1.54) is 29.1 Å². The molecule has 0 spiro atoms. The Labute approximate surface area is 199 Å². The fourth-order valence-electron chi connectivity index (χ4n) is 4.57. The molecule has 0 fully saturated rings. The van der Waals surface area contributed by atoms with E-state index >= 15 is 0 Å². The van der Waals surface area contributed by atoms with Gasteiger partial charge in [0, 0.05) is 24.2 Å². The first-order valence-corrected chi connectivity index (χ1v) is 13.0. The summed E-state index contributed by atoms with van der Waals surface area (Å²) in [5.74, 6) is 1.77. The Morgan fingerprint density at radius 2 is 2.12 bits per heavy atom. The molecule has 3 N–H and O–H groups in total. The topological polar surface area (TPSA) is 99.2 Å². The molecule has 1 aromatic heterocycles. The average molecular weight is 489 g/mol. The van der Waals surface area contributed by atoms with Gasteiger partial charge in [-0.2, -0.15) is 5.10 Å². The zero-order valence-electron chi connectivity index (χ0n) is 18.6. The van der Waals surface area contributed by atoms with Crippen LogP contribution in [0, 0.1) is 5.92 Å². The lowest BCUT2D eigenvalue weighted by atomic mass is 9.86. The largest absolute Gasteiger partial charge is 0.494 e. The fourth-order valence-corrected chi connectivity index (χ4v) is 5.25. The van der Waals surface area contributed by atoms with E-state index in [4.69, 9.17) is 21.5 Å². The normalized spacial score (nSPS) is 17.8. The minimum absolute atomic E-state index is 0.0175. The molecule has 0 radical (unpaired) electrons. The van der Waals surface area contributed by atoms with E-state index in [-0.39, 0.29) is 4.90 Å². The number of nitrogens with zero attached hydrogens (tertiary/aromatic N) is 2. The lowest BCUT2D eigenvalue weighted by Gasteiger charge is -2.21. The minimum Gasteiger partial charge on any atom is -0.494 e. The van der Waals surface area contributed by atoms with Crippen LogP contribution in [0.25, 0.3) is 0 Å². The molecule has 2 aromatic carbocycles. The van der Waals surface area contributed by atoms with Gasteiger partial charge in [-0.25, -0.2) is 13.6 Å². The number of nitrogens with one attached hydrogen (secondary N) is 1. The lowest BCUT2D eigenvalue weighted by Crippen LogP contribution is -2.23. The molecule has 4 rings (SSSR count). The molecule has 1 heterocycles. The van der Waals surface area contributed by atoms with Gasteiger partial charge in [-0.15, -0.1) is 0 Å². The van der Waals surface area contributed by atoms with Gasteiger partial charge >= 0.3 is 0 Å². The zero-order valence-corrected chi connectivity index (χ0v) is 20.1. The quantitative estimate of drug-likeness (QED) is 0.426. The van der Waals surface area contributed by atoms with Gasteiger partial charge in [-0.3, -0.25) is 4.68 Å². The van der Waals surface area contributed by atoms with Crippen molar-refractivity contribution < 1.29 is 13.2 Å². The number of fused-ring (bicyclic) bond motifs is 1. The number of sulfonamides is 1. The molecule has 7 nitrogen and oxygen atoms in total. The molecular weight excluding hydrogens is 460 g/mol. The summed E-state index contributed by atoms with van der Waals surface area (Å²) in [5, 5.41) is 13.3. The highest BCUT2D eigenvalue weighted by Crippen LogP contribution is 2.41. The Balaban J connectivity index is 1.40. The van der Waals surface area contributed by atoms with Crippen molar-refractivity contribution in [3.8, 4) is 5.75 Å². The van der Waals surface area contributed by atoms with Crippen molar-refractivity contribution in [3.63, 3.8) is 0 Å². The summed E-state index contributed by atoms with van der Waals surface area (Å²) in [6, 6.07) is 14.5. The van der Waals surface area contributed by atoms with Crippen LogP contribution in [0.5, 0.6) is 5.75 Å². The highest BCUT2D eigenvalue weighted by molar-refractivity contribution is 7.89. The number of primary sulfonamides is 1. The first-order valence-electron chi connectivity index (χ1n) is 11.0. The van der Waals surface area contributed by atoms with Gasteiger partial charge in [-0.05, 0) is 79.2 Å². The van der Waals surface area contributed by atoms with E-state index in [2.05, 4.69) is 28.6 Å². The van der Waals surface area contributed by atoms with Crippen molar-refractivity contribution in [2.75, 3.05) is 20.2 Å². The molecule has 0 amide bonds. The molecule has 2 unspecified atom stereocenters. The molecule has 1 aliphatic rings. The predicted octanol–water partition coefficient (Wildman–Crippen LogP) is 3.37. The smallest absolute Gasteiger partial charge is 0.241 e. The van der Waals surface area contributed by atoms with Crippen LogP contribution < -0.4 is 15.2 Å². The van der Waals surface area contributed by atoms with Crippen molar-refractivity contribution in [2.24, 2.45) is 11.1 Å². The third kappa shape index (κ3) is 5.95. The highest BCUT2D eigenvalue weighted by Gasteiger charge is 2.32. The maximum atomic E-state index is 11.4. The van der Waals surface area contributed by atoms with Crippen LogP contribution in [-0.2, 0) is 29.4 Å². The summed E-state index contributed by atoms with van der Waals surface area (Å²) in [7, 11) is -1.73. The van der Waals surface area contributed by atoms with Crippen molar-refractivity contribution in [3.05, 3.63) is 76.6 Å². The van der Waals surface area contributed by atoms with E-state index in [9.17, 15) is 8.42 Å².